The van der Waals surface area contributed by atoms with Crippen molar-refractivity contribution in [1.29, 1.82) is 0 Å². The van der Waals surface area contributed by atoms with Crippen LogP contribution >= 0.6 is 0 Å². The standard InChI is InChI=1S/C19H25N3O2/c1-23-18-11-9-17(10-12-18)22-19(20)21-13-5-6-14-24-15-16-7-3-2-4-8-16/h2-4,7-12H,5-6,13-15H2,1H3,(H3,20,21,22). The third kappa shape index (κ3) is 6.71. The van der Waals surface area contributed by atoms with E-state index in [0.717, 1.165) is 30.9 Å². The topological polar surface area (TPSA) is 68.9 Å². The highest BCUT2D eigenvalue weighted by atomic mass is 16.5. The lowest BCUT2D eigenvalue weighted by Gasteiger charge is -2.07. The number of guanidine groups is 1. The van der Waals surface area contributed by atoms with Crippen LogP contribution in [-0.2, 0) is 11.3 Å². The average molecular weight is 327 g/mol. The molecule has 2 aromatic carbocycles. The molecule has 24 heavy (non-hydrogen) atoms. The fourth-order valence-corrected chi connectivity index (χ4v) is 2.14. The molecule has 0 aliphatic heterocycles. The lowest BCUT2D eigenvalue weighted by atomic mass is 10.2. The van der Waals surface area contributed by atoms with Crippen molar-refractivity contribution in [3.05, 3.63) is 60.2 Å². The molecule has 0 amide bonds. The molecule has 0 radical (unpaired) electrons. The van der Waals surface area contributed by atoms with Crippen LogP contribution in [0.1, 0.15) is 18.4 Å². The first kappa shape index (κ1) is 17.8. The highest BCUT2D eigenvalue weighted by Gasteiger charge is 1.96. The number of anilines is 1. The number of ether oxygens (including phenoxy) is 2. The molecule has 0 aromatic heterocycles. The monoisotopic (exact) mass is 327 g/mol. The van der Waals surface area contributed by atoms with Gasteiger partial charge in [-0.1, -0.05) is 30.3 Å². The Morgan fingerprint density at radius 1 is 1.04 bits per heavy atom. The summed E-state index contributed by atoms with van der Waals surface area (Å²) in [5, 5.41) is 3.06. The van der Waals surface area contributed by atoms with Crippen molar-refractivity contribution >= 4 is 11.6 Å². The van der Waals surface area contributed by atoms with Crippen molar-refractivity contribution in [2.45, 2.75) is 19.4 Å². The fraction of sp³-hybridized carbons (Fsp3) is 0.316. The van der Waals surface area contributed by atoms with Crippen LogP contribution in [0.15, 0.2) is 59.6 Å². The summed E-state index contributed by atoms with van der Waals surface area (Å²) in [6, 6.07) is 17.7. The third-order valence-corrected chi connectivity index (χ3v) is 3.45. The Labute approximate surface area is 143 Å². The minimum absolute atomic E-state index is 0.422. The summed E-state index contributed by atoms with van der Waals surface area (Å²) in [6.45, 7) is 2.07. The van der Waals surface area contributed by atoms with Gasteiger partial charge in [0.2, 0.25) is 0 Å². The van der Waals surface area contributed by atoms with E-state index in [0.29, 0.717) is 19.1 Å². The van der Waals surface area contributed by atoms with Gasteiger partial charge in [0.1, 0.15) is 5.75 Å². The number of hydrogen-bond acceptors (Lipinski definition) is 3. The van der Waals surface area contributed by atoms with E-state index in [-0.39, 0.29) is 0 Å². The normalized spacial score (nSPS) is 11.3. The highest BCUT2D eigenvalue weighted by Crippen LogP contribution is 2.14. The number of nitrogens with one attached hydrogen (secondary N) is 1. The molecular formula is C19H25N3O2. The number of aliphatic imine (C=N–C) groups is 1. The van der Waals surface area contributed by atoms with Gasteiger partial charge in [-0.05, 0) is 42.7 Å². The van der Waals surface area contributed by atoms with E-state index in [1.807, 2.05) is 42.5 Å². The molecule has 2 rings (SSSR count). The van der Waals surface area contributed by atoms with Crippen LogP contribution < -0.4 is 15.8 Å². The number of nitrogens with zero attached hydrogens (tertiary/aromatic N) is 1. The predicted octanol–water partition coefficient (Wildman–Crippen LogP) is 3.42. The zero-order valence-electron chi connectivity index (χ0n) is 14.1. The minimum atomic E-state index is 0.422. The summed E-state index contributed by atoms with van der Waals surface area (Å²) in [7, 11) is 1.64. The fourth-order valence-electron chi connectivity index (χ4n) is 2.14. The second kappa shape index (κ2) is 10.3. The Morgan fingerprint density at radius 3 is 2.50 bits per heavy atom. The number of rotatable bonds is 9. The van der Waals surface area contributed by atoms with Crippen molar-refractivity contribution in [2.75, 3.05) is 25.6 Å². The largest absolute Gasteiger partial charge is 0.497 e. The second-order valence-electron chi connectivity index (χ2n) is 5.37. The Morgan fingerprint density at radius 2 is 1.79 bits per heavy atom. The van der Waals surface area contributed by atoms with Crippen molar-refractivity contribution in [3.8, 4) is 5.75 Å². The van der Waals surface area contributed by atoms with E-state index in [4.69, 9.17) is 15.2 Å². The van der Waals surface area contributed by atoms with Crippen LogP contribution in [0.3, 0.4) is 0 Å². The maximum absolute atomic E-state index is 5.87. The highest BCUT2D eigenvalue weighted by molar-refractivity contribution is 5.92. The molecule has 2 aromatic rings. The van der Waals surface area contributed by atoms with Gasteiger partial charge in [-0.3, -0.25) is 4.99 Å². The van der Waals surface area contributed by atoms with E-state index in [1.54, 1.807) is 7.11 Å². The van der Waals surface area contributed by atoms with E-state index in [2.05, 4.69) is 22.4 Å². The molecule has 0 spiro atoms. The maximum Gasteiger partial charge on any atom is 0.193 e. The summed E-state index contributed by atoms with van der Waals surface area (Å²) in [5.74, 6) is 1.23. The summed E-state index contributed by atoms with van der Waals surface area (Å²) in [4.78, 5) is 4.31. The smallest absolute Gasteiger partial charge is 0.193 e. The first-order valence-electron chi connectivity index (χ1n) is 8.10. The molecule has 0 heterocycles. The molecule has 0 bridgehead atoms. The summed E-state index contributed by atoms with van der Waals surface area (Å²) >= 11 is 0. The zero-order chi connectivity index (χ0) is 17.0. The van der Waals surface area contributed by atoms with E-state index >= 15 is 0 Å². The lowest BCUT2D eigenvalue weighted by Crippen LogP contribution is -2.22. The van der Waals surface area contributed by atoms with Crippen molar-refractivity contribution < 1.29 is 9.47 Å². The molecular weight excluding hydrogens is 302 g/mol. The molecule has 0 aliphatic carbocycles. The van der Waals surface area contributed by atoms with Gasteiger partial charge in [0.25, 0.3) is 0 Å². The number of hydrogen-bond donors (Lipinski definition) is 2. The van der Waals surface area contributed by atoms with Crippen LogP contribution in [0.5, 0.6) is 5.75 Å². The first-order valence-corrected chi connectivity index (χ1v) is 8.10. The number of benzene rings is 2. The molecule has 0 saturated heterocycles. The minimum Gasteiger partial charge on any atom is -0.497 e. The number of unbranched alkanes of at least 4 members (excludes halogenated alkanes) is 1. The summed E-state index contributed by atoms with van der Waals surface area (Å²) in [5.41, 5.74) is 7.96. The molecule has 5 nitrogen and oxygen atoms in total. The van der Waals surface area contributed by atoms with Gasteiger partial charge >= 0.3 is 0 Å². The first-order chi connectivity index (χ1) is 11.8. The molecule has 5 heteroatoms. The van der Waals surface area contributed by atoms with Crippen LogP contribution in [0.2, 0.25) is 0 Å². The molecule has 128 valence electrons. The Bertz CT molecular complexity index is 612. The van der Waals surface area contributed by atoms with Gasteiger partial charge in [0.15, 0.2) is 5.96 Å². The third-order valence-electron chi connectivity index (χ3n) is 3.45. The quantitative estimate of drug-likeness (QED) is 0.421. The van der Waals surface area contributed by atoms with Gasteiger partial charge in [0.05, 0.1) is 13.7 Å². The van der Waals surface area contributed by atoms with Gasteiger partial charge in [-0.25, -0.2) is 0 Å². The molecule has 0 saturated carbocycles. The maximum atomic E-state index is 5.87. The van der Waals surface area contributed by atoms with Crippen LogP contribution in [0, 0.1) is 0 Å². The lowest BCUT2D eigenvalue weighted by molar-refractivity contribution is 0.117. The van der Waals surface area contributed by atoms with Crippen molar-refractivity contribution in [3.63, 3.8) is 0 Å². The zero-order valence-corrected chi connectivity index (χ0v) is 14.1. The molecule has 3 N–H and O–H groups in total. The Kier molecular flexibility index (Phi) is 7.63. The van der Waals surface area contributed by atoms with E-state index in [1.165, 1.54) is 5.56 Å². The molecule has 0 aliphatic rings. The average Bonchev–Trinajstić information content (AvgIpc) is 2.62. The number of methoxy groups -OCH3 is 1. The van der Waals surface area contributed by atoms with Crippen LogP contribution in [0.25, 0.3) is 0 Å². The van der Waals surface area contributed by atoms with Crippen molar-refractivity contribution in [1.82, 2.24) is 0 Å². The summed E-state index contributed by atoms with van der Waals surface area (Å²) in [6.07, 6.45) is 1.91. The SMILES string of the molecule is COc1ccc(NC(N)=NCCCCOCc2ccccc2)cc1. The van der Waals surface area contributed by atoms with E-state index in [9.17, 15) is 0 Å². The Balaban J connectivity index is 1.57. The van der Waals surface area contributed by atoms with Crippen LogP contribution in [-0.4, -0.2) is 26.2 Å². The number of nitrogens with two attached hydrogens (primary N) is 1. The predicted molar refractivity (Wildman–Crippen MR) is 98.4 cm³/mol. The molecule has 0 atom stereocenters. The van der Waals surface area contributed by atoms with E-state index < -0.39 is 0 Å². The second-order valence-corrected chi connectivity index (χ2v) is 5.37. The van der Waals surface area contributed by atoms with Gasteiger partial charge in [-0.15, -0.1) is 0 Å². The molecule has 0 fully saturated rings. The van der Waals surface area contributed by atoms with Gasteiger partial charge in [0, 0.05) is 18.8 Å². The van der Waals surface area contributed by atoms with Gasteiger partial charge < -0.3 is 20.5 Å². The summed E-state index contributed by atoms with van der Waals surface area (Å²) < 4.78 is 10.7. The van der Waals surface area contributed by atoms with Gasteiger partial charge in [-0.2, -0.15) is 0 Å². The van der Waals surface area contributed by atoms with Crippen LogP contribution in [0.4, 0.5) is 5.69 Å². The van der Waals surface area contributed by atoms with Crippen molar-refractivity contribution in [2.24, 2.45) is 10.7 Å². The Hall–Kier alpha value is -2.53. The molecule has 0 unspecified atom stereocenters.